The first-order valence-electron chi connectivity index (χ1n) is 8.69. The summed E-state index contributed by atoms with van der Waals surface area (Å²) < 4.78 is 11.5. The van der Waals surface area contributed by atoms with Gasteiger partial charge in [0.05, 0.1) is 6.21 Å². The van der Waals surface area contributed by atoms with Crippen molar-refractivity contribution in [1.82, 2.24) is 5.43 Å². The van der Waals surface area contributed by atoms with Gasteiger partial charge >= 0.3 is 0 Å². The predicted molar refractivity (Wildman–Crippen MR) is 104 cm³/mol. The molecule has 7 heteroatoms. The number of hydrogen-bond acceptors (Lipinski definition) is 6. The molecule has 1 atom stereocenters. The van der Waals surface area contributed by atoms with Gasteiger partial charge in [-0.15, -0.1) is 0 Å². The van der Waals surface area contributed by atoms with Gasteiger partial charge in [0.15, 0.2) is 11.5 Å². The van der Waals surface area contributed by atoms with Crippen molar-refractivity contribution >= 4 is 22.9 Å². The number of hydrogen-bond donors (Lipinski definition) is 3. The van der Waals surface area contributed by atoms with Crippen molar-refractivity contribution in [1.29, 1.82) is 0 Å². The van der Waals surface area contributed by atoms with Crippen molar-refractivity contribution in [3.63, 3.8) is 0 Å². The van der Waals surface area contributed by atoms with E-state index in [0.717, 1.165) is 10.8 Å². The third kappa shape index (κ3) is 3.42. The fraction of sp³-hybridized carbons (Fsp3) is 0.143. The molecule has 0 unspecified atom stereocenters. The number of amides is 1. The number of benzene rings is 3. The number of fused-ring (bicyclic) bond motifs is 2. The number of carbonyl (C=O) groups excluding carboxylic acids is 1. The highest BCUT2D eigenvalue weighted by atomic mass is 16.6. The van der Waals surface area contributed by atoms with Gasteiger partial charge in [-0.25, -0.2) is 5.43 Å². The van der Waals surface area contributed by atoms with Crippen LogP contribution in [-0.2, 0) is 4.79 Å². The zero-order valence-corrected chi connectivity index (χ0v) is 15.0. The Kier molecular flexibility index (Phi) is 4.49. The van der Waals surface area contributed by atoms with Gasteiger partial charge in [-0.3, -0.25) is 4.79 Å². The Bertz CT molecular complexity index is 1070. The molecule has 0 spiro atoms. The standard InChI is InChI=1S/C21H18N2O5/c1-12-6-15(24)9-17(25)16(12)10-22-23-21(26)20-11-27-18-7-13-4-2-3-5-14(13)8-19(18)28-20/h2-10,20,24-25H,11H2,1H3,(H,23,26)/b22-10+/t20-/m1/s1. The predicted octanol–water partition coefficient (Wildman–Crippen LogP) is 2.85. The lowest BCUT2D eigenvalue weighted by Gasteiger charge is -2.25. The Morgan fingerprint density at radius 1 is 1.14 bits per heavy atom. The zero-order valence-electron chi connectivity index (χ0n) is 15.0. The molecule has 0 aromatic heterocycles. The Morgan fingerprint density at radius 3 is 2.57 bits per heavy atom. The van der Waals surface area contributed by atoms with Gasteiger partial charge in [0, 0.05) is 11.6 Å². The number of ether oxygens (including phenoxy) is 2. The minimum Gasteiger partial charge on any atom is -0.508 e. The van der Waals surface area contributed by atoms with E-state index in [-0.39, 0.29) is 18.1 Å². The lowest BCUT2D eigenvalue weighted by atomic mass is 10.1. The molecular weight excluding hydrogens is 360 g/mol. The molecular formula is C21H18N2O5. The van der Waals surface area contributed by atoms with Crippen LogP contribution in [0, 0.1) is 6.92 Å². The van der Waals surface area contributed by atoms with Crippen molar-refractivity contribution in [2.24, 2.45) is 5.10 Å². The maximum Gasteiger partial charge on any atom is 0.284 e. The monoisotopic (exact) mass is 378 g/mol. The molecule has 0 fully saturated rings. The van der Waals surface area contributed by atoms with E-state index in [1.807, 2.05) is 36.4 Å². The summed E-state index contributed by atoms with van der Waals surface area (Å²) in [5, 5.41) is 25.2. The molecule has 0 bridgehead atoms. The molecule has 3 N–H and O–H groups in total. The number of aryl methyl sites for hydroxylation is 1. The Labute approximate surface area is 160 Å². The van der Waals surface area contributed by atoms with E-state index in [1.54, 1.807) is 6.92 Å². The normalized spacial score (nSPS) is 15.7. The van der Waals surface area contributed by atoms with Crippen LogP contribution in [0.2, 0.25) is 0 Å². The number of phenols is 2. The number of nitrogens with zero attached hydrogens (tertiary/aromatic N) is 1. The van der Waals surface area contributed by atoms with Crippen LogP contribution >= 0.6 is 0 Å². The van der Waals surface area contributed by atoms with E-state index in [9.17, 15) is 15.0 Å². The van der Waals surface area contributed by atoms with E-state index in [0.29, 0.717) is 22.6 Å². The van der Waals surface area contributed by atoms with Crippen LogP contribution in [0.1, 0.15) is 11.1 Å². The van der Waals surface area contributed by atoms with E-state index in [2.05, 4.69) is 10.5 Å². The molecule has 1 heterocycles. The lowest BCUT2D eigenvalue weighted by Crippen LogP contribution is -2.42. The molecule has 7 nitrogen and oxygen atoms in total. The van der Waals surface area contributed by atoms with E-state index in [4.69, 9.17) is 9.47 Å². The second kappa shape index (κ2) is 7.11. The molecule has 0 saturated carbocycles. The number of rotatable bonds is 3. The highest BCUT2D eigenvalue weighted by Gasteiger charge is 2.27. The van der Waals surface area contributed by atoms with Gasteiger partial charge in [0.25, 0.3) is 5.91 Å². The zero-order chi connectivity index (χ0) is 19.7. The van der Waals surface area contributed by atoms with Gasteiger partial charge in [-0.1, -0.05) is 24.3 Å². The number of aromatic hydroxyl groups is 2. The summed E-state index contributed by atoms with van der Waals surface area (Å²) in [7, 11) is 0. The largest absolute Gasteiger partial charge is 0.508 e. The SMILES string of the molecule is Cc1cc(O)cc(O)c1/C=N/NC(=O)[C@H]1COc2cc3ccccc3cc2O1. The fourth-order valence-electron chi connectivity index (χ4n) is 3.05. The van der Waals surface area contributed by atoms with E-state index >= 15 is 0 Å². The maximum atomic E-state index is 12.4. The first-order chi connectivity index (χ1) is 13.5. The maximum absolute atomic E-state index is 12.4. The van der Waals surface area contributed by atoms with Crippen LogP contribution in [0.15, 0.2) is 53.6 Å². The number of nitrogens with one attached hydrogen (secondary N) is 1. The quantitative estimate of drug-likeness (QED) is 0.481. The molecule has 3 aromatic rings. The molecule has 1 aliphatic rings. The average Bonchev–Trinajstić information content (AvgIpc) is 2.67. The van der Waals surface area contributed by atoms with Gasteiger partial charge in [-0.2, -0.15) is 5.10 Å². The highest BCUT2D eigenvalue weighted by Crippen LogP contribution is 2.35. The van der Waals surface area contributed by atoms with Crippen molar-refractivity contribution in [3.8, 4) is 23.0 Å². The second-order valence-electron chi connectivity index (χ2n) is 6.49. The van der Waals surface area contributed by atoms with Gasteiger partial charge in [0.1, 0.15) is 18.1 Å². The molecule has 0 saturated heterocycles. The highest BCUT2D eigenvalue weighted by molar-refractivity contribution is 5.89. The Balaban J connectivity index is 1.46. The molecule has 4 rings (SSSR count). The molecule has 3 aromatic carbocycles. The van der Waals surface area contributed by atoms with Crippen molar-refractivity contribution < 1.29 is 24.5 Å². The van der Waals surface area contributed by atoms with E-state index < -0.39 is 12.0 Å². The summed E-state index contributed by atoms with van der Waals surface area (Å²) >= 11 is 0. The summed E-state index contributed by atoms with van der Waals surface area (Å²) in [4.78, 5) is 12.4. The fourth-order valence-corrected chi connectivity index (χ4v) is 3.05. The summed E-state index contributed by atoms with van der Waals surface area (Å²) in [6.07, 6.45) is 0.466. The van der Waals surface area contributed by atoms with Crippen LogP contribution < -0.4 is 14.9 Å². The molecule has 1 aliphatic heterocycles. The first kappa shape index (κ1) is 17.7. The van der Waals surface area contributed by atoms with Crippen molar-refractivity contribution in [3.05, 3.63) is 59.7 Å². The summed E-state index contributed by atoms with van der Waals surface area (Å²) in [6.45, 7) is 1.78. The van der Waals surface area contributed by atoms with Crippen LogP contribution in [-0.4, -0.2) is 35.0 Å². The third-order valence-electron chi connectivity index (χ3n) is 4.48. The number of hydrazone groups is 1. The van der Waals surface area contributed by atoms with Crippen LogP contribution in [0.5, 0.6) is 23.0 Å². The number of phenolic OH excluding ortho intramolecular Hbond substituents is 2. The van der Waals surface area contributed by atoms with Crippen LogP contribution in [0.25, 0.3) is 10.8 Å². The Hall–Kier alpha value is -3.74. The summed E-state index contributed by atoms with van der Waals surface area (Å²) in [6, 6.07) is 14.2. The molecule has 0 radical (unpaired) electrons. The average molecular weight is 378 g/mol. The smallest absolute Gasteiger partial charge is 0.284 e. The van der Waals surface area contributed by atoms with Crippen LogP contribution in [0.3, 0.4) is 0 Å². The second-order valence-corrected chi connectivity index (χ2v) is 6.49. The number of carbonyl (C=O) groups is 1. The lowest BCUT2D eigenvalue weighted by molar-refractivity contribution is -0.130. The molecule has 0 aliphatic carbocycles. The third-order valence-corrected chi connectivity index (χ3v) is 4.48. The summed E-state index contributed by atoms with van der Waals surface area (Å²) in [5.74, 6) is 0.451. The Morgan fingerprint density at radius 2 is 1.86 bits per heavy atom. The molecule has 142 valence electrons. The first-order valence-corrected chi connectivity index (χ1v) is 8.69. The topological polar surface area (TPSA) is 100 Å². The van der Waals surface area contributed by atoms with Crippen molar-refractivity contribution in [2.75, 3.05) is 6.61 Å². The molecule has 28 heavy (non-hydrogen) atoms. The van der Waals surface area contributed by atoms with Gasteiger partial charge in [-0.05, 0) is 41.5 Å². The van der Waals surface area contributed by atoms with Crippen molar-refractivity contribution in [2.45, 2.75) is 13.0 Å². The minimum absolute atomic E-state index is 0.0462. The van der Waals surface area contributed by atoms with Gasteiger partial charge < -0.3 is 19.7 Å². The summed E-state index contributed by atoms with van der Waals surface area (Å²) in [5.41, 5.74) is 3.41. The van der Waals surface area contributed by atoms with Gasteiger partial charge in [0.2, 0.25) is 6.10 Å². The van der Waals surface area contributed by atoms with Crippen LogP contribution in [0.4, 0.5) is 0 Å². The minimum atomic E-state index is -0.847. The molecule has 1 amide bonds. The van der Waals surface area contributed by atoms with E-state index in [1.165, 1.54) is 18.3 Å².